The third kappa shape index (κ3) is 5.37. The van der Waals surface area contributed by atoms with Crippen LogP contribution in [0.3, 0.4) is 0 Å². The zero-order valence-corrected chi connectivity index (χ0v) is 14.8. The summed E-state index contributed by atoms with van der Waals surface area (Å²) in [5.41, 5.74) is 3.27. The number of ether oxygens (including phenoxy) is 1. The van der Waals surface area contributed by atoms with Crippen LogP contribution in [0.15, 0.2) is 48.5 Å². The Bertz CT molecular complexity index is 683. The highest BCUT2D eigenvalue weighted by Gasteiger charge is 2.10. The molecule has 1 fully saturated rings. The number of carbonyl (C=O) groups excluding carboxylic acids is 1. The molecule has 1 aliphatic rings. The minimum atomic E-state index is -0.188. The average Bonchev–Trinajstić information content (AvgIpc) is 2.67. The molecule has 1 aliphatic heterocycles. The molecule has 2 aromatic rings. The molecule has 3 rings (SSSR count). The second-order valence-corrected chi connectivity index (χ2v) is 6.37. The van der Waals surface area contributed by atoms with Crippen molar-refractivity contribution in [3.8, 4) is 0 Å². The fraction of sp³-hybridized carbons (Fsp3) is 0.316. The number of hydrogen-bond acceptors (Lipinski definition) is 3. The molecule has 1 heterocycles. The Morgan fingerprint density at radius 1 is 0.920 bits per heavy atom. The maximum absolute atomic E-state index is 11.9. The lowest BCUT2D eigenvalue weighted by molar-refractivity contribution is 0.122. The average molecular weight is 360 g/mol. The summed E-state index contributed by atoms with van der Waals surface area (Å²) in [7, 11) is 0. The summed E-state index contributed by atoms with van der Waals surface area (Å²) < 4.78 is 5.37. The summed E-state index contributed by atoms with van der Waals surface area (Å²) in [6.07, 6.45) is 0. The van der Waals surface area contributed by atoms with Gasteiger partial charge in [0, 0.05) is 36.9 Å². The van der Waals surface area contributed by atoms with Gasteiger partial charge in [-0.2, -0.15) is 0 Å². The standard InChI is InChI=1S/C19H22ClN3O2/c20-17-5-1-15(2-6-17)13-21-19(24)22-14-16-3-7-18(8-4-16)23-9-11-25-12-10-23/h1-8H,9-14H2,(H2,21,22,24). The van der Waals surface area contributed by atoms with E-state index < -0.39 is 0 Å². The van der Waals surface area contributed by atoms with Gasteiger partial charge in [0.2, 0.25) is 0 Å². The van der Waals surface area contributed by atoms with E-state index in [1.165, 1.54) is 5.69 Å². The van der Waals surface area contributed by atoms with Crippen LogP contribution in [0.1, 0.15) is 11.1 Å². The highest BCUT2D eigenvalue weighted by molar-refractivity contribution is 6.30. The van der Waals surface area contributed by atoms with E-state index in [0.29, 0.717) is 18.1 Å². The van der Waals surface area contributed by atoms with E-state index in [4.69, 9.17) is 16.3 Å². The molecule has 1 saturated heterocycles. The minimum absolute atomic E-state index is 0.188. The van der Waals surface area contributed by atoms with Gasteiger partial charge in [0.1, 0.15) is 0 Å². The Balaban J connectivity index is 1.43. The van der Waals surface area contributed by atoms with Crippen LogP contribution in [0.25, 0.3) is 0 Å². The fourth-order valence-corrected chi connectivity index (χ4v) is 2.80. The molecule has 0 bridgehead atoms. The summed E-state index contributed by atoms with van der Waals surface area (Å²) >= 11 is 5.84. The minimum Gasteiger partial charge on any atom is -0.378 e. The SMILES string of the molecule is O=C(NCc1ccc(Cl)cc1)NCc1ccc(N2CCOCC2)cc1. The molecule has 0 spiro atoms. The van der Waals surface area contributed by atoms with Gasteiger partial charge < -0.3 is 20.3 Å². The van der Waals surface area contributed by atoms with Gasteiger partial charge in [-0.05, 0) is 35.4 Å². The summed E-state index contributed by atoms with van der Waals surface area (Å²) in [5, 5.41) is 6.39. The Morgan fingerprint density at radius 2 is 1.44 bits per heavy atom. The van der Waals surface area contributed by atoms with Crippen LogP contribution < -0.4 is 15.5 Å². The van der Waals surface area contributed by atoms with Crippen molar-refractivity contribution in [2.45, 2.75) is 13.1 Å². The molecule has 0 aromatic heterocycles. The van der Waals surface area contributed by atoms with Crippen LogP contribution in [0.2, 0.25) is 5.02 Å². The first-order chi connectivity index (χ1) is 12.2. The molecule has 25 heavy (non-hydrogen) atoms. The van der Waals surface area contributed by atoms with Gasteiger partial charge in [-0.25, -0.2) is 4.79 Å². The van der Waals surface area contributed by atoms with Gasteiger partial charge >= 0.3 is 6.03 Å². The molecule has 0 saturated carbocycles. The fourth-order valence-electron chi connectivity index (χ4n) is 2.68. The van der Waals surface area contributed by atoms with Crippen molar-refractivity contribution >= 4 is 23.3 Å². The van der Waals surface area contributed by atoms with Gasteiger partial charge in [0.15, 0.2) is 0 Å². The first-order valence-electron chi connectivity index (χ1n) is 8.38. The zero-order valence-electron chi connectivity index (χ0n) is 14.0. The van der Waals surface area contributed by atoms with Gasteiger partial charge in [-0.3, -0.25) is 0 Å². The lowest BCUT2D eigenvalue weighted by Crippen LogP contribution is -2.36. The quantitative estimate of drug-likeness (QED) is 0.862. The first kappa shape index (κ1) is 17.6. The van der Waals surface area contributed by atoms with Crippen molar-refractivity contribution in [2.75, 3.05) is 31.2 Å². The van der Waals surface area contributed by atoms with Crippen molar-refractivity contribution < 1.29 is 9.53 Å². The van der Waals surface area contributed by atoms with Crippen molar-refractivity contribution in [2.24, 2.45) is 0 Å². The summed E-state index contributed by atoms with van der Waals surface area (Å²) in [5.74, 6) is 0. The number of hydrogen-bond donors (Lipinski definition) is 2. The third-order valence-corrected chi connectivity index (χ3v) is 4.38. The smallest absolute Gasteiger partial charge is 0.315 e. The van der Waals surface area contributed by atoms with E-state index in [1.54, 1.807) is 0 Å². The Labute approximate surface area is 152 Å². The van der Waals surface area contributed by atoms with Crippen LogP contribution in [0, 0.1) is 0 Å². The molecule has 2 amide bonds. The third-order valence-electron chi connectivity index (χ3n) is 4.13. The number of nitrogens with zero attached hydrogens (tertiary/aromatic N) is 1. The highest BCUT2D eigenvalue weighted by atomic mass is 35.5. The molecule has 2 aromatic carbocycles. The number of amides is 2. The lowest BCUT2D eigenvalue weighted by Gasteiger charge is -2.28. The normalized spacial score (nSPS) is 14.2. The van der Waals surface area contributed by atoms with E-state index in [0.717, 1.165) is 37.4 Å². The Morgan fingerprint density at radius 3 is 2.00 bits per heavy atom. The molecular weight excluding hydrogens is 338 g/mol. The molecule has 0 atom stereocenters. The number of benzene rings is 2. The lowest BCUT2D eigenvalue weighted by atomic mass is 10.2. The number of urea groups is 1. The predicted octanol–water partition coefficient (Wildman–Crippen LogP) is 3.18. The van der Waals surface area contributed by atoms with E-state index in [2.05, 4.69) is 27.7 Å². The molecular formula is C19H22ClN3O2. The Kier molecular flexibility index (Phi) is 6.14. The monoisotopic (exact) mass is 359 g/mol. The zero-order chi connectivity index (χ0) is 17.5. The summed E-state index contributed by atoms with van der Waals surface area (Å²) in [6.45, 7) is 4.36. The van der Waals surface area contributed by atoms with Gasteiger partial charge in [0.05, 0.1) is 13.2 Å². The van der Waals surface area contributed by atoms with Gasteiger partial charge in [-0.1, -0.05) is 35.9 Å². The molecule has 6 heteroatoms. The van der Waals surface area contributed by atoms with Gasteiger partial charge in [-0.15, -0.1) is 0 Å². The number of carbonyl (C=O) groups is 1. The maximum Gasteiger partial charge on any atom is 0.315 e. The second-order valence-electron chi connectivity index (χ2n) is 5.93. The van der Waals surface area contributed by atoms with Crippen molar-refractivity contribution in [3.63, 3.8) is 0 Å². The number of halogens is 1. The largest absolute Gasteiger partial charge is 0.378 e. The number of morpholine rings is 1. The van der Waals surface area contributed by atoms with Crippen molar-refractivity contribution in [3.05, 3.63) is 64.7 Å². The van der Waals surface area contributed by atoms with Crippen molar-refractivity contribution in [1.82, 2.24) is 10.6 Å². The molecule has 5 nitrogen and oxygen atoms in total. The van der Waals surface area contributed by atoms with E-state index >= 15 is 0 Å². The van der Waals surface area contributed by atoms with E-state index in [9.17, 15) is 4.79 Å². The number of nitrogens with one attached hydrogen (secondary N) is 2. The van der Waals surface area contributed by atoms with Crippen molar-refractivity contribution in [1.29, 1.82) is 0 Å². The second kappa shape index (κ2) is 8.74. The van der Waals surface area contributed by atoms with E-state index in [1.807, 2.05) is 36.4 Å². The summed E-state index contributed by atoms with van der Waals surface area (Å²) in [6, 6.07) is 15.5. The molecule has 2 N–H and O–H groups in total. The van der Waals surface area contributed by atoms with Crippen LogP contribution in [0.5, 0.6) is 0 Å². The maximum atomic E-state index is 11.9. The molecule has 0 unspecified atom stereocenters. The predicted molar refractivity (Wildman–Crippen MR) is 100 cm³/mol. The van der Waals surface area contributed by atoms with Crippen LogP contribution in [0.4, 0.5) is 10.5 Å². The number of rotatable bonds is 5. The molecule has 132 valence electrons. The van der Waals surface area contributed by atoms with Crippen LogP contribution in [-0.4, -0.2) is 32.3 Å². The topological polar surface area (TPSA) is 53.6 Å². The first-order valence-corrected chi connectivity index (χ1v) is 8.76. The molecule has 0 aliphatic carbocycles. The molecule has 0 radical (unpaired) electrons. The summed E-state index contributed by atoms with van der Waals surface area (Å²) in [4.78, 5) is 14.2. The van der Waals surface area contributed by atoms with Crippen LogP contribution >= 0.6 is 11.6 Å². The van der Waals surface area contributed by atoms with E-state index in [-0.39, 0.29) is 6.03 Å². The number of anilines is 1. The Hall–Kier alpha value is -2.24. The highest BCUT2D eigenvalue weighted by Crippen LogP contribution is 2.16. The van der Waals surface area contributed by atoms with Crippen LogP contribution in [-0.2, 0) is 17.8 Å². The van der Waals surface area contributed by atoms with Gasteiger partial charge in [0.25, 0.3) is 0 Å².